The van der Waals surface area contributed by atoms with Gasteiger partial charge >= 0.3 is 0 Å². The number of hydrogen-bond donors (Lipinski definition) is 2. The van der Waals surface area contributed by atoms with Gasteiger partial charge in [0.15, 0.2) is 5.13 Å². The highest BCUT2D eigenvalue weighted by Gasteiger charge is 2.19. The van der Waals surface area contributed by atoms with Gasteiger partial charge < -0.3 is 10.6 Å². The van der Waals surface area contributed by atoms with E-state index in [0.29, 0.717) is 11.6 Å². The van der Waals surface area contributed by atoms with E-state index in [0.717, 1.165) is 26.7 Å². The molecule has 2 amide bonds. The molecule has 1 unspecified atom stereocenters. The molecule has 0 aliphatic rings. The van der Waals surface area contributed by atoms with Crippen LogP contribution in [-0.2, 0) is 9.59 Å². The summed E-state index contributed by atoms with van der Waals surface area (Å²) in [4.78, 5) is 31.6. The number of nitrogens with one attached hydrogen (secondary N) is 2. The summed E-state index contributed by atoms with van der Waals surface area (Å²) < 4.78 is 0. The molecular weight excluding hydrogens is 438 g/mol. The number of aromatic nitrogens is 1. The zero-order chi connectivity index (χ0) is 23.3. The molecule has 0 saturated carbocycles. The fourth-order valence-corrected chi connectivity index (χ4v) is 4.88. The molecule has 2 aromatic carbocycles. The van der Waals surface area contributed by atoms with E-state index in [-0.39, 0.29) is 22.5 Å². The summed E-state index contributed by atoms with van der Waals surface area (Å²) in [6, 6.07) is 17.5. The van der Waals surface area contributed by atoms with Gasteiger partial charge in [-0.3, -0.25) is 9.59 Å². The molecular formula is C25H29N3O2S2. The number of thioether (sulfide) groups is 1. The van der Waals surface area contributed by atoms with E-state index >= 15 is 0 Å². The van der Waals surface area contributed by atoms with Gasteiger partial charge in [0.1, 0.15) is 0 Å². The zero-order valence-electron chi connectivity index (χ0n) is 19.1. The minimum atomic E-state index is -0.320. The van der Waals surface area contributed by atoms with Crippen molar-refractivity contribution in [3.8, 4) is 11.3 Å². The molecule has 32 heavy (non-hydrogen) atoms. The molecule has 5 nitrogen and oxygen atoms in total. The van der Waals surface area contributed by atoms with Crippen molar-refractivity contribution >= 4 is 45.7 Å². The van der Waals surface area contributed by atoms with Crippen molar-refractivity contribution in [2.24, 2.45) is 5.41 Å². The largest absolute Gasteiger partial charge is 0.326 e. The van der Waals surface area contributed by atoms with Crippen molar-refractivity contribution in [3.63, 3.8) is 0 Å². The van der Waals surface area contributed by atoms with E-state index in [1.54, 1.807) is 0 Å². The molecule has 0 aliphatic heterocycles. The number of amides is 2. The van der Waals surface area contributed by atoms with Crippen molar-refractivity contribution in [2.75, 3.05) is 10.6 Å². The molecule has 0 spiro atoms. The number of thiazole rings is 1. The maximum atomic E-state index is 12.8. The number of carbonyl (C=O) groups is 2. The third-order valence-corrected chi connectivity index (χ3v) is 6.54. The second-order valence-corrected chi connectivity index (χ2v) is 11.5. The molecule has 7 heteroatoms. The van der Waals surface area contributed by atoms with Crippen LogP contribution in [0.3, 0.4) is 0 Å². The minimum absolute atomic E-state index is 0.0150. The van der Waals surface area contributed by atoms with E-state index < -0.39 is 0 Å². The normalized spacial score (nSPS) is 12.3. The number of rotatable bonds is 7. The lowest BCUT2D eigenvalue weighted by atomic mass is 9.92. The van der Waals surface area contributed by atoms with Crippen LogP contribution in [0.4, 0.5) is 10.8 Å². The molecule has 0 fully saturated rings. The van der Waals surface area contributed by atoms with Gasteiger partial charge in [-0.05, 0) is 37.5 Å². The average molecular weight is 468 g/mol. The van der Waals surface area contributed by atoms with Gasteiger partial charge in [0.25, 0.3) is 0 Å². The Kier molecular flexibility index (Phi) is 7.74. The van der Waals surface area contributed by atoms with Crippen LogP contribution in [0.25, 0.3) is 11.3 Å². The van der Waals surface area contributed by atoms with E-state index in [9.17, 15) is 9.59 Å². The average Bonchev–Trinajstić information content (AvgIpc) is 3.07. The number of hydrogen-bond acceptors (Lipinski definition) is 5. The summed E-state index contributed by atoms with van der Waals surface area (Å²) in [5.41, 5.74) is 2.59. The predicted octanol–water partition coefficient (Wildman–Crippen LogP) is 6.61. The first kappa shape index (κ1) is 24.0. The number of benzene rings is 2. The molecule has 1 atom stereocenters. The van der Waals surface area contributed by atoms with Gasteiger partial charge in [-0.2, -0.15) is 0 Å². The van der Waals surface area contributed by atoms with Crippen LogP contribution in [0.15, 0.2) is 59.5 Å². The summed E-state index contributed by atoms with van der Waals surface area (Å²) in [5.74, 6) is -0.121. The Morgan fingerprint density at radius 2 is 1.78 bits per heavy atom. The summed E-state index contributed by atoms with van der Waals surface area (Å²) in [5, 5.41) is 6.17. The van der Waals surface area contributed by atoms with E-state index in [1.165, 1.54) is 23.1 Å². The van der Waals surface area contributed by atoms with Crippen LogP contribution < -0.4 is 10.6 Å². The second-order valence-electron chi connectivity index (χ2n) is 8.85. The van der Waals surface area contributed by atoms with Gasteiger partial charge in [-0.1, -0.05) is 57.2 Å². The Morgan fingerprint density at radius 1 is 1.06 bits per heavy atom. The first-order valence-electron chi connectivity index (χ1n) is 10.5. The van der Waals surface area contributed by atoms with Crippen LogP contribution in [0.2, 0.25) is 0 Å². The van der Waals surface area contributed by atoms with Gasteiger partial charge in [-0.15, -0.1) is 23.1 Å². The monoisotopic (exact) mass is 467 g/mol. The number of aryl methyl sites for hydroxylation is 1. The van der Waals surface area contributed by atoms with Gasteiger partial charge in [-0.25, -0.2) is 4.98 Å². The summed E-state index contributed by atoms with van der Waals surface area (Å²) in [6.07, 6.45) is 0.446. The molecule has 0 bridgehead atoms. The summed E-state index contributed by atoms with van der Waals surface area (Å²) in [7, 11) is 0. The quantitative estimate of drug-likeness (QED) is 0.383. The lowest BCUT2D eigenvalue weighted by molar-refractivity contribution is -0.118. The molecule has 1 heterocycles. The van der Waals surface area contributed by atoms with Crippen molar-refractivity contribution in [1.82, 2.24) is 4.98 Å². The highest BCUT2D eigenvalue weighted by molar-refractivity contribution is 8.00. The fourth-order valence-electron chi connectivity index (χ4n) is 3.11. The number of anilines is 2. The van der Waals surface area contributed by atoms with Crippen LogP contribution in [0, 0.1) is 12.3 Å². The Morgan fingerprint density at radius 3 is 2.47 bits per heavy atom. The third-order valence-electron chi connectivity index (χ3n) is 4.56. The van der Waals surface area contributed by atoms with Crippen molar-refractivity contribution in [2.45, 2.75) is 51.2 Å². The van der Waals surface area contributed by atoms with Crippen LogP contribution in [0.1, 0.15) is 39.0 Å². The smallest absolute Gasteiger partial charge is 0.239 e. The van der Waals surface area contributed by atoms with E-state index in [1.807, 2.05) is 89.2 Å². The van der Waals surface area contributed by atoms with Crippen molar-refractivity contribution in [3.05, 3.63) is 59.5 Å². The highest BCUT2D eigenvalue weighted by atomic mass is 32.2. The lowest BCUT2D eigenvalue weighted by Crippen LogP contribution is -2.22. The highest BCUT2D eigenvalue weighted by Crippen LogP contribution is 2.32. The Labute approximate surface area is 198 Å². The van der Waals surface area contributed by atoms with E-state index in [4.69, 9.17) is 0 Å². The van der Waals surface area contributed by atoms with Crippen molar-refractivity contribution in [1.29, 1.82) is 0 Å². The minimum Gasteiger partial charge on any atom is -0.326 e. The van der Waals surface area contributed by atoms with Crippen LogP contribution in [0.5, 0.6) is 0 Å². The molecule has 0 radical (unpaired) electrons. The summed E-state index contributed by atoms with van der Waals surface area (Å²) in [6.45, 7) is 9.97. The van der Waals surface area contributed by atoms with Gasteiger partial charge in [0.2, 0.25) is 11.8 Å². The molecule has 0 saturated heterocycles. The van der Waals surface area contributed by atoms with Gasteiger partial charge in [0, 0.05) is 27.4 Å². The summed E-state index contributed by atoms with van der Waals surface area (Å²) >= 11 is 2.92. The molecule has 3 aromatic rings. The maximum Gasteiger partial charge on any atom is 0.239 e. The lowest BCUT2D eigenvalue weighted by Gasteiger charge is -2.17. The zero-order valence-corrected chi connectivity index (χ0v) is 20.7. The molecule has 2 N–H and O–H groups in total. The fraction of sp³-hybridized carbons (Fsp3) is 0.320. The molecule has 1 aromatic heterocycles. The SMILES string of the molecule is Cc1sc(NC(=O)C(C)Sc2cccc(NC(=O)CC(C)(C)C)c2)nc1-c1ccccc1. The Hall–Kier alpha value is -2.64. The third kappa shape index (κ3) is 6.93. The number of nitrogens with zero attached hydrogens (tertiary/aromatic N) is 1. The molecule has 3 rings (SSSR count). The molecule has 0 aliphatic carbocycles. The van der Waals surface area contributed by atoms with E-state index in [2.05, 4.69) is 15.6 Å². The Balaban J connectivity index is 1.61. The first-order chi connectivity index (χ1) is 15.1. The van der Waals surface area contributed by atoms with Crippen molar-refractivity contribution < 1.29 is 9.59 Å². The van der Waals surface area contributed by atoms with Crippen LogP contribution in [-0.4, -0.2) is 22.0 Å². The second kappa shape index (κ2) is 10.3. The first-order valence-corrected chi connectivity index (χ1v) is 12.2. The Bertz CT molecular complexity index is 1090. The standard InChI is InChI=1S/C25H29N3O2S2/c1-16-22(18-10-7-6-8-11-18)27-24(32-16)28-23(30)17(2)31-20-13-9-12-19(14-20)26-21(29)15-25(3,4)5/h6-14,17H,15H2,1-5H3,(H,26,29)(H,27,28,30). The number of carbonyl (C=O) groups excluding carboxylic acids is 2. The maximum absolute atomic E-state index is 12.8. The van der Waals surface area contributed by atoms with Crippen LogP contribution >= 0.6 is 23.1 Å². The predicted molar refractivity (Wildman–Crippen MR) is 135 cm³/mol. The van der Waals surface area contributed by atoms with Gasteiger partial charge in [0.05, 0.1) is 10.9 Å². The topological polar surface area (TPSA) is 71.1 Å². The molecule has 168 valence electrons.